The van der Waals surface area contributed by atoms with Crippen molar-refractivity contribution in [2.75, 3.05) is 30.2 Å². The van der Waals surface area contributed by atoms with Gasteiger partial charge < -0.3 is 4.90 Å². The third kappa shape index (κ3) is 4.96. The molecule has 1 fully saturated rings. The molecule has 5 nitrogen and oxygen atoms in total. The maximum Gasteiger partial charge on any atom is 0.232 e. The normalized spacial score (nSPS) is 15.5. The monoisotopic (exact) mass is 338 g/mol. The molecule has 23 heavy (non-hydrogen) atoms. The Hall–Kier alpha value is -1.56. The molecule has 0 aliphatic carbocycles. The Morgan fingerprint density at radius 3 is 2.17 bits per heavy atom. The van der Waals surface area contributed by atoms with Crippen molar-refractivity contribution in [1.82, 2.24) is 4.90 Å². The largest absolute Gasteiger partial charge is 0.343 e. The standard InChI is InChI=1S/C17H26N2O3S/c1-14-11-15(2)13-16(12-14)19(23(3,21)22)10-7-17(20)18-8-5-4-6-9-18/h11-13H,4-10H2,1-3H3. The van der Waals surface area contributed by atoms with Crippen LogP contribution in [-0.2, 0) is 14.8 Å². The fraction of sp³-hybridized carbons (Fsp3) is 0.588. The number of benzene rings is 1. The van der Waals surface area contributed by atoms with E-state index in [1.165, 1.54) is 17.0 Å². The topological polar surface area (TPSA) is 57.7 Å². The molecule has 0 aromatic heterocycles. The second kappa shape index (κ2) is 7.34. The summed E-state index contributed by atoms with van der Waals surface area (Å²) in [6, 6.07) is 5.70. The van der Waals surface area contributed by atoms with Crippen LogP contribution in [0, 0.1) is 13.8 Å². The van der Waals surface area contributed by atoms with Gasteiger partial charge in [-0.1, -0.05) is 6.07 Å². The Labute approximate surface area is 139 Å². The molecule has 1 aliphatic heterocycles. The minimum absolute atomic E-state index is 0.0442. The molecule has 1 aliphatic rings. The second-order valence-corrected chi connectivity index (χ2v) is 8.28. The fourth-order valence-electron chi connectivity index (χ4n) is 3.08. The van der Waals surface area contributed by atoms with Crippen LogP contribution in [-0.4, -0.2) is 45.1 Å². The van der Waals surface area contributed by atoms with Crippen LogP contribution in [0.5, 0.6) is 0 Å². The molecule has 0 saturated carbocycles. The van der Waals surface area contributed by atoms with Gasteiger partial charge >= 0.3 is 0 Å². The van der Waals surface area contributed by atoms with Crippen LogP contribution in [0.4, 0.5) is 5.69 Å². The number of hydrogen-bond donors (Lipinski definition) is 0. The zero-order valence-corrected chi connectivity index (χ0v) is 15.0. The van der Waals surface area contributed by atoms with Crippen LogP contribution >= 0.6 is 0 Å². The van der Waals surface area contributed by atoms with Gasteiger partial charge in [0.1, 0.15) is 0 Å². The van der Waals surface area contributed by atoms with E-state index in [-0.39, 0.29) is 18.9 Å². The van der Waals surface area contributed by atoms with E-state index in [2.05, 4.69) is 0 Å². The number of likely N-dealkylation sites (tertiary alicyclic amines) is 1. The van der Waals surface area contributed by atoms with Crippen molar-refractivity contribution in [1.29, 1.82) is 0 Å². The van der Waals surface area contributed by atoms with Crippen LogP contribution < -0.4 is 4.31 Å². The molecule has 128 valence electrons. The van der Waals surface area contributed by atoms with Crippen molar-refractivity contribution in [2.24, 2.45) is 0 Å². The summed E-state index contributed by atoms with van der Waals surface area (Å²) >= 11 is 0. The lowest BCUT2D eigenvalue weighted by Crippen LogP contribution is -2.39. The predicted octanol–water partition coefficient (Wildman–Crippen LogP) is 2.47. The van der Waals surface area contributed by atoms with E-state index in [0.717, 1.165) is 37.1 Å². The Bertz CT molecular complexity index is 644. The number of anilines is 1. The Morgan fingerprint density at radius 2 is 1.65 bits per heavy atom. The van der Waals surface area contributed by atoms with Gasteiger partial charge in [-0.25, -0.2) is 8.42 Å². The quantitative estimate of drug-likeness (QED) is 0.829. The van der Waals surface area contributed by atoms with Crippen LogP contribution in [0.25, 0.3) is 0 Å². The van der Waals surface area contributed by atoms with Crippen molar-refractivity contribution >= 4 is 21.6 Å². The van der Waals surface area contributed by atoms with Crippen LogP contribution in [0.3, 0.4) is 0 Å². The van der Waals surface area contributed by atoms with E-state index in [1.807, 2.05) is 36.9 Å². The fourth-order valence-corrected chi connectivity index (χ4v) is 3.99. The molecule has 0 spiro atoms. The highest BCUT2D eigenvalue weighted by Crippen LogP contribution is 2.22. The van der Waals surface area contributed by atoms with Gasteiger partial charge in [-0.05, 0) is 56.4 Å². The molecule has 1 heterocycles. The molecular weight excluding hydrogens is 312 g/mol. The Kier molecular flexibility index (Phi) is 5.68. The summed E-state index contributed by atoms with van der Waals surface area (Å²) in [4.78, 5) is 14.2. The molecule has 0 N–H and O–H groups in total. The van der Waals surface area contributed by atoms with Crippen molar-refractivity contribution in [3.8, 4) is 0 Å². The van der Waals surface area contributed by atoms with Crippen LogP contribution in [0.15, 0.2) is 18.2 Å². The third-order valence-electron chi connectivity index (χ3n) is 4.13. The van der Waals surface area contributed by atoms with Gasteiger partial charge in [0.15, 0.2) is 0 Å². The lowest BCUT2D eigenvalue weighted by molar-refractivity contribution is -0.131. The smallest absolute Gasteiger partial charge is 0.232 e. The molecule has 1 saturated heterocycles. The second-order valence-electron chi connectivity index (χ2n) is 6.37. The number of amides is 1. The number of carbonyl (C=O) groups excluding carboxylic acids is 1. The lowest BCUT2D eigenvalue weighted by Gasteiger charge is -2.28. The molecule has 0 radical (unpaired) electrons. The van der Waals surface area contributed by atoms with Gasteiger partial charge in [0.05, 0.1) is 11.9 Å². The Balaban J connectivity index is 2.12. The summed E-state index contributed by atoms with van der Waals surface area (Å²) in [5.74, 6) is 0.0442. The zero-order valence-electron chi connectivity index (χ0n) is 14.2. The number of sulfonamides is 1. The van der Waals surface area contributed by atoms with E-state index >= 15 is 0 Å². The average molecular weight is 338 g/mol. The zero-order chi connectivity index (χ0) is 17.0. The lowest BCUT2D eigenvalue weighted by atomic mass is 10.1. The summed E-state index contributed by atoms with van der Waals surface area (Å²) in [7, 11) is -3.42. The van der Waals surface area contributed by atoms with Gasteiger partial charge in [0, 0.05) is 26.1 Å². The first-order chi connectivity index (χ1) is 10.8. The molecule has 1 aromatic carbocycles. The SMILES string of the molecule is Cc1cc(C)cc(N(CCC(=O)N2CCCCC2)S(C)(=O)=O)c1. The van der Waals surface area contributed by atoms with Gasteiger partial charge in [0.25, 0.3) is 0 Å². The van der Waals surface area contributed by atoms with Gasteiger partial charge in [-0.3, -0.25) is 9.10 Å². The highest BCUT2D eigenvalue weighted by atomic mass is 32.2. The van der Waals surface area contributed by atoms with Crippen LogP contribution in [0.1, 0.15) is 36.8 Å². The number of carbonyl (C=O) groups is 1. The maximum atomic E-state index is 12.3. The molecule has 0 bridgehead atoms. The highest BCUT2D eigenvalue weighted by Gasteiger charge is 2.22. The minimum Gasteiger partial charge on any atom is -0.343 e. The first-order valence-corrected chi connectivity index (χ1v) is 9.96. The molecule has 6 heteroatoms. The van der Waals surface area contributed by atoms with Crippen molar-refractivity contribution in [3.05, 3.63) is 29.3 Å². The molecule has 0 unspecified atom stereocenters. The third-order valence-corrected chi connectivity index (χ3v) is 5.33. The van der Waals surface area contributed by atoms with E-state index in [4.69, 9.17) is 0 Å². The van der Waals surface area contributed by atoms with Crippen molar-refractivity contribution in [2.45, 2.75) is 39.5 Å². The number of piperidine rings is 1. The highest BCUT2D eigenvalue weighted by molar-refractivity contribution is 7.92. The Morgan fingerprint density at radius 1 is 1.09 bits per heavy atom. The summed E-state index contributed by atoms with van der Waals surface area (Å²) < 4.78 is 25.6. The van der Waals surface area contributed by atoms with Gasteiger partial charge in [-0.15, -0.1) is 0 Å². The number of rotatable bonds is 5. The number of aryl methyl sites for hydroxylation is 2. The number of nitrogens with zero attached hydrogens (tertiary/aromatic N) is 2. The van der Waals surface area contributed by atoms with E-state index in [1.54, 1.807) is 0 Å². The molecular formula is C17H26N2O3S. The molecule has 2 rings (SSSR count). The first-order valence-electron chi connectivity index (χ1n) is 8.11. The molecule has 1 aromatic rings. The number of hydrogen-bond acceptors (Lipinski definition) is 3. The van der Waals surface area contributed by atoms with E-state index in [0.29, 0.717) is 5.69 Å². The summed E-state index contributed by atoms with van der Waals surface area (Å²) in [6.45, 7) is 5.66. The molecule has 0 atom stereocenters. The summed E-state index contributed by atoms with van der Waals surface area (Å²) in [6.07, 6.45) is 4.66. The molecule has 1 amide bonds. The minimum atomic E-state index is -3.42. The maximum absolute atomic E-state index is 12.3. The van der Waals surface area contributed by atoms with Gasteiger partial charge in [0.2, 0.25) is 15.9 Å². The van der Waals surface area contributed by atoms with Crippen molar-refractivity contribution < 1.29 is 13.2 Å². The summed E-state index contributed by atoms with van der Waals surface area (Å²) in [5, 5.41) is 0. The van der Waals surface area contributed by atoms with Crippen molar-refractivity contribution in [3.63, 3.8) is 0 Å². The van der Waals surface area contributed by atoms with E-state index < -0.39 is 10.0 Å². The predicted molar refractivity (Wildman–Crippen MR) is 93.2 cm³/mol. The summed E-state index contributed by atoms with van der Waals surface area (Å²) in [5.41, 5.74) is 2.66. The average Bonchev–Trinajstić information content (AvgIpc) is 2.45. The van der Waals surface area contributed by atoms with E-state index in [9.17, 15) is 13.2 Å². The first kappa shape index (κ1) is 17.8. The van der Waals surface area contributed by atoms with Gasteiger partial charge in [-0.2, -0.15) is 0 Å². The van der Waals surface area contributed by atoms with Crippen LogP contribution in [0.2, 0.25) is 0 Å².